The lowest BCUT2D eigenvalue weighted by molar-refractivity contribution is 0.560. The van der Waals surface area contributed by atoms with Crippen molar-refractivity contribution in [1.29, 1.82) is 5.26 Å². The Bertz CT molecular complexity index is 594. The third-order valence-corrected chi connectivity index (χ3v) is 2.75. The maximum Gasteiger partial charge on any atom is 0.127 e. The van der Waals surface area contributed by atoms with E-state index in [0.29, 0.717) is 11.4 Å². The Labute approximate surface area is 107 Å². The van der Waals surface area contributed by atoms with Gasteiger partial charge < -0.3 is 5.73 Å². The molecule has 1 aromatic heterocycles. The van der Waals surface area contributed by atoms with Crippen molar-refractivity contribution in [1.82, 2.24) is 9.78 Å². The highest BCUT2D eigenvalue weighted by atomic mass is 15.3. The zero-order chi connectivity index (χ0) is 13.3. The predicted molar refractivity (Wildman–Crippen MR) is 71.4 cm³/mol. The molecule has 0 aliphatic carbocycles. The van der Waals surface area contributed by atoms with Crippen LogP contribution in [0.15, 0.2) is 30.3 Å². The maximum atomic E-state index is 8.77. The smallest absolute Gasteiger partial charge is 0.127 e. The lowest BCUT2D eigenvalue weighted by Crippen LogP contribution is -2.12. The summed E-state index contributed by atoms with van der Waals surface area (Å²) in [5.41, 5.74) is 8.38. The first-order valence-electron chi connectivity index (χ1n) is 5.78. The quantitative estimate of drug-likeness (QED) is 0.833. The maximum absolute atomic E-state index is 8.77. The van der Waals surface area contributed by atoms with E-state index >= 15 is 0 Å². The number of benzene rings is 1. The van der Waals surface area contributed by atoms with Crippen LogP contribution in [0.4, 0.5) is 5.82 Å². The Hall–Kier alpha value is -2.28. The summed E-state index contributed by atoms with van der Waals surface area (Å²) in [4.78, 5) is 0. The minimum absolute atomic E-state index is 0.0357. The molecule has 2 rings (SSSR count). The largest absolute Gasteiger partial charge is 0.384 e. The van der Waals surface area contributed by atoms with Gasteiger partial charge in [-0.25, -0.2) is 4.68 Å². The van der Waals surface area contributed by atoms with Gasteiger partial charge in [0.05, 0.1) is 23.0 Å². The molecule has 0 bridgehead atoms. The summed E-state index contributed by atoms with van der Waals surface area (Å²) < 4.78 is 1.70. The number of hydrogen-bond acceptors (Lipinski definition) is 3. The summed E-state index contributed by atoms with van der Waals surface area (Å²) in [6, 6.07) is 11.2. The van der Waals surface area contributed by atoms with E-state index in [1.54, 1.807) is 16.8 Å². The van der Waals surface area contributed by atoms with Crippen molar-refractivity contribution in [3.63, 3.8) is 0 Å². The molecule has 1 aromatic carbocycles. The SMILES string of the molecule is CC(C)(C)c1cc(N)n(-c2ccc(C#N)cc2)n1. The minimum Gasteiger partial charge on any atom is -0.384 e. The van der Waals surface area contributed by atoms with Crippen molar-refractivity contribution in [3.8, 4) is 11.8 Å². The van der Waals surface area contributed by atoms with E-state index in [0.717, 1.165) is 11.4 Å². The number of nitriles is 1. The fourth-order valence-electron chi connectivity index (χ4n) is 1.65. The fourth-order valence-corrected chi connectivity index (χ4v) is 1.65. The van der Waals surface area contributed by atoms with Gasteiger partial charge in [-0.3, -0.25) is 0 Å². The van der Waals surface area contributed by atoms with Gasteiger partial charge in [0, 0.05) is 11.5 Å². The third kappa shape index (κ3) is 2.21. The van der Waals surface area contributed by atoms with Crippen LogP contribution in [0.2, 0.25) is 0 Å². The lowest BCUT2D eigenvalue weighted by Gasteiger charge is -2.14. The number of rotatable bonds is 1. The summed E-state index contributed by atoms with van der Waals surface area (Å²) in [5.74, 6) is 0.602. The summed E-state index contributed by atoms with van der Waals surface area (Å²) >= 11 is 0. The van der Waals surface area contributed by atoms with E-state index in [2.05, 4.69) is 31.9 Å². The molecule has 0 saturated heterocycles. The van der Waals surface area contributed by atoms with Gasteiger partial charge in [-0.05, 0) is 24.3 Å². The summed E-state index contributed by atoms with van der Waals surface area (Å²) in [5, 5.41) is 13.3. The molecule has 2 aromatic rings. The molecule has 0 spiro atoms. The van der Waals surface area contributed by atoms with Crippen molar-refractivity contribution >= 4 is 5.82 Å². The average Bonchev–Trinajstić information content (AvgIpc) is 2.71. The monoisotopic (exact) mass is 240 g/mol. The molecule has 0 aliphatic rings. The molecule has 2 N–H and O–H groups in total. The third-order valence-electron chi connectivity index (χ3n) is 2.75. The average molecular weight is 240 g/mol. The van der Waals surface area contributed by atoms with Crippen LogP contribution >= 0.6 is 0 Å². The van der Waals surface area contributed by atoms with Crippen LogP contribution in [0.25, 0.3) is 5.69 Å². The zero-order valence-corrected chi connectivity index (χ0v) is 10.8. The van der Waals surface area contributed by atoms with Crippen LogP contribution in [-0.2, 0) is 5.41 Å². The molecule has 92 valence electrons. The minimum atomic E-state index is -0.0357. The van der Waals surface area contributed by atoms with E-state index < -0.39 is 0 Å². The van der Waals surface area contributed by atoms with Crippen molar-refractivity contribution < 1.29 is 0 Å². The van der Waals surface area contributed by atoms with Crippen LogP contribution in [0.5, 0.6) is 0 Å². The van der Waals surface area contributed by atoms with Crippen LogP contribution < -0.4 is 5.73 Å². The molecule has 0 unspecified atom stereocenters. The Balaban J connectivity index is 2.45. The van der Waals surface area contributed by atoms with Crippen LogP contribution in [-0.4, -0.2) is 9.78 Å². The van der Waals surface area contributed by atoms with Crippen LogP contribution in [0, 0.1) is 11.3 Å². The van der Waals surface area contributed by atoms with Crippen molar-refractivity contribution in [2.75, 3.05) is 5.73 Å². The zero-order valence-electron chi connectivity index (χ0n) is 10.8. The molecule has 1 heterocycles. The van der Waals surface area contributed by atoms with Crippen LogP contribution in [0.1, 0.15) is 32.0 Å². The second-order valence-corrected chi connectivity index (χ2v) is 5.27. The number of nitrogen functional groups attached to an aromatic ring is 1. The van der Waals surface area contributed by atoms with Gasteiger partial charge in [0.25, 0.3) is 0 Å². The number of nitrogens with two attached hydrogens (primary N) is 1. The fraction of sp³-hybridized carbons (Fsp3) is 0.286. The molecule has 0 atom stereocenters. The number of aromatic nitrogens is 2. The first kappa shape index (κ1) is 12.2. The van der Waals surface area contributed by atoms with Gasteiger partial charge in [0.15, 0.2) is 0 Å². The molecule has 0 amide bonds. The predicted octanol–water partition coefficient (Wildman–Crippen LogP) is 2.62. The topological polar surface area (TPSA) is 67.6 Å². The highest BCUT2D eigenvalue weighted by Gasteiger charge is 2.19. The van der Waals surface area contributed by atoms with Gasteiger partial charge in [-0.15, -0.1) is 0 Å². The van der Waals surface area contributed by atoms with E-state index in [9.17, 15) is 0 Å². The van der Waals surface area contributed by atoms with E-state index in [4.69, 9.17) is 11.0 Å². The number of anilines is 1. The molecular formula is C14H16N4. The standard InChI is InChI=1S/C14H16N4/c1-14(2,3)12-8-13(16)18(17-12)11-6-4-10(9-15)5-7-11/h4-8H,16H2,1-3H3. The molecule has 18 heavy (non-hydrogen) atoms. The second-order valence-electron chi connectivity index (χ2n) is 5.27. The molecule has 0 radical (unpaired) electrons. The van der Waals surface area contributed by atoms with Gasteiger partial charge in [0.1, 0.15) is 5.82 Å². The van der Waals surface area contributed by atoms with Gasteiger partial charge in [-0.2, -0.15) is 10.4 Å². The van der Waals surface area contributed by atoms with Gasteiger partial charge in [0.2, 0.25) is 0 Å². The first-order chi connectivity index (χ1) is 8.41. The normalized spacial score (nSPS) is 11.2. The molecule has 4 nitrogen and oxygen atoms in total. The summed E-state index contributed by atoms with van der Waals surface area (Å²) in [7, 11) is 0. The van der Waals surface area contributed by atoms with Crippen LogP contribution in [0.3, 0.4) is 0 Å². The first-order valence-corrected chi connectivity index (χ1v) is 5.78. The van der Waals surface area contributed by atoms with E-state index in [-0.39, 0.29) is 5.41 Å². The Morgan fingerprint density at radius 2 is 1.83 bits per heavy atom. The number of hydrogen-bond donors (Lipinski definition) is 1. The van der Waals surface area contributed by atoms with Crippen molar-refractivity contribution in [2.45, 2.75) is 26.2 Å². The highest BCUT2D eigenvalue weighted by molar-refractivity contribution is 5.46. The Kier molecular flexibility index (Phi) is 2.84. The van der Waals surface area contributed by atoms with Crippen molar-refractivity contribution in [3.05, 3.63) is 41.6 Å². The molecule has 4 heteroatoms. The molecule has 0 saturated carbocycles. The summed E-state index contributed by atoms with van der Waals surface area (Å²) in [6.07, 6.45) is 0. The Morgan fingerprint density at radius 3 is 2.28 bits per heavy atom. The van der Waals surface area contributed by atoms with E-state index in [1.165, 1.54) is 0 Å². The second kappa shape index (κ2) is 4.19. The Morgan fingerprint density at radius 1 is 1.22 bits per heavy atom. The highest BCUT2D eigenvalue weighted by Crippen LogP contribution is 2.24. The molecular weight excluding hydrogens is 224 g/mol. The van der Waals surface area contributed by atoms with Gasteiger partial charge in [-0.1, -0.05) is 20.8 Å². The number of nitrogens with zero attached hydrogens (tertiary/aromatic N) is 3. The molecule has 0 fully saturated rings. The lowest BCUT2D eigenvalue weighted by atomic mass is 9.92. The van der Waals surface area contributed by atoms with E-state index in [1.807, 2.05) is 18.2 Å². The van der Waals surface area contributed by atoms with Gasteiger partial charge >= 0.3 is 0 Å². The summed E-state index contributed by atoms with van der Waals surface area (Å²) in [6.45, 7) is 6.29. The molecule has 0 aliphatic heterocycles. The van der Waals surface area contributed by atoms with Crippen molar-refractivity contribution in [2.24, 2.45) is 0 Å².